The number of ether oxygens (including phenoxy) is 1. The standard InChI is InChI=1S/C16H26N2O4S2/c1-4-22-16(19)6-5-7-17-8-10-18(11-9-17)24(20,21)15-12-13(2)23-14(15)3/h12H,4-11H2,1-3H3. The van der Waals surface area contributed by atoms with Gasteiger partial charge in [-0.05, 0) is 39.8 Å². The molecular weight excluding hydrogens is 348 g/mol. The second-order valence-electron chi connectivity index (χ2n) is 5.93. The monoisotopic (exact) mass is 374 g/mol. The van der Waals surface area contributed by atoms with Crippen molar-refractivity contribution in [3.05, 3.63) is 15.8 Å². The molecule has 0 bridgehead atoms. The molecule has 1 aliphatic rings. The van der Waals surface area contributed by atoms with Gasteiger partial charge in [0, 0.05) is 42.4 Å². The number of rotatable bonds is 7. The van der Waals surface area contributed by atoms with Gasteiger partial charge >= 0.3 is 5.97 Å². The molecule has 0 amide bonds. The summed E-state index contributed by atoms with van der Waals surface area (Å²) in [6, 6.07) is 1.76. The third kappa shape index (κ3) is 4.78. The Kier molecular flexibility index (Phi) is 6.79. The highest BCUT2D eigenvalue weighted by molar-refractivity contribution is 7.89. The number of thiophene rings is 1. The van der Waals surface area contributed by atoms with E-state index in [1.165, 1.54) is 11.3 Å². The summed E-state index contributed by atoms with van der Waals surface area (Å²) in [4.78, 5) is 15.9. The van der Waals surface area contributed by atoms with E-state index in [0.717, 1.165) is 22.7 Å². The van der Waals surface area contributed by atoms with Crippen LogP contribution in [-0.4, -0.2) is 62.9 Å². The van der Waals surface area contributed by atoms with E-state index in [-0.39, 0.29) is 5.97 Å². The van der Waals surface area contributed by atoms with E-state index < -0.39 is 10.0 Å². The lowest BCUT2D eigenvalue weighted by atomic mass is 10.2. The van der Waals surface area contributed by atoms with Gasteiger partial charge < -0.3 is 9.64 Å². The molecule has 1 fully saturated rings. The van der Waals surface area contributed by atoms with Gasteiger partial charge in [0.05, 0.1) is 11.5 Å². The third-order valence-corrected chi connectivity index (χ3v) is 7.23. The van der Waals surface area contributed by atoms with E-state index in [2.05, 4.69) is 4.90 Å². The maximum absolute atomic E-state index is 12.8. The molecule has 1 aliphatic heterocycles. The maximum Gasteiger partial charge on any atom is 0.305 e. The molecule has 1 saturated heterocycles. The number of sulfonamides is 1. The first-order valence-corrected chi connectivity index (χ1v) is 10.6. The van der Waals surface area contributed by atoms with Crippen molar-refractivity contribution in [1.82, 2.24) is 9.21 Å². The number of nitrogens with zero attached hydrogens (tertiary/aromatic N) is 2. The van der Waals surface area contributed by atoms with E-state index in [4.69, 9.17) is 4.74 Å². The Balaban J connectivity index is 1.84. The average Bonchev–Trinajstić information content (AvgIpc) is 2.87. The Morgan fingerprint density at radius 2 is 1.92 bits per heavy atom. The number of aryl methyl sites for hydroxylation is 2. The Morgan fingerprint density at radius 1 is 1.25 bits per heavy atom. The van der Waals surface area contributed by atoms with Crippen LogP contribution in [0.5, 0.6) is 0 Å². The zero-order valence-electron chi connectivity index (χ0n) is 14.6. The Labute approximate surface area is 148 Å². The minimum Gasteiger partial charge on any atom is -0.466 e. The number of piperazine rings is 1. The highest BCUT2D eigenvalue weighted by Gasteiger charge is 2.30. The summed E-state index contributed by atoms with van der Waals surface area (Å²) in [7, 11) is -3.39. The van der Waals surface area contributed by atoms with E-state index in [0.29, 0.717) is 44.1 Å². The number of carbonyl (C=O) groups excluding carboxylic acids is 1. The van der Waals surface area contributed by atoms with Crippen LogP contribution in [0.3, 0.4) is 0 Å². The molecule has 0 saturated carbocycles. The molecule has 24 heavy (non-hydrogen) atoms. The molecule has 1 aromatic heterocycles. The first-order valence-electron chi connectivity index (χ1n) is 8.29. The summed E-state index contributed by atoms with van der Waals surface area (Å²) >= 11 is 1.52. The summed E-state index contributed by atoms with van der Waals surface area (Å²) in [5.41, 5.74) is 0. The summed E-state index contributed by atoms with van der Waals surface area (Å²) in [5.74, 6) is -0.165. The van der Waals surface area contributed by atoms with Gasteiger partial charge in [-0.2, -0.15) is 4.31 Å². The van der Waals surface area contributed by atoms with Crippen LogP contribution < -0.4 is 0 Å². The van der Waals surface area contributed by atoms with Gasteiger partial charge in [0.2, 0.25) is 10.0 Å². The minimum atomic E-state index is -3.39. The smallest absolute Gasteiger partial charge is 0.305 e. The second-order valence-corrected chi connectivity index (χ2v) is 9.30. The van der Waals surface area contributed by atoms with Gasteiger partial charge in [0.15, 0.2) is 0 Å². The fourth-order valence-electron chi connectivity index (χ4n) is 2.88. The fraction of sp³-hybridized carbons (Fsp3) is 0.688. The van der Waals surface area contributed by atoms with Crippen molar-refractivity contribution in [2.75, 3.05) is 39.3 Å². The summed E-state index contributed by atoms with van der Waals surface area (Å²) in [6.45, 7) is 9.18. The predicted octanol–water partition coefficient (Wildman–Crippen LogP) is 2.01. The van der Waals surface area contributed by atoms with E-state index in [1.807, 2.05) is 13.8 Å². The normalized spacial score (nSPS) is 17.1. The summed E-state index contributed by atoms with van der Waals surface area (Å²) in [5, 5.41) is 0. The maximum atomic E-state index is 12.8. The average molecular weight is 375 g/mol. The van der Waals surface area contributed by atoms with Crippen LogP contribution in [0.15, 0.2) is 11.0 Å². The molecule has 0 aromatic carbocycles. The van der Waals surface area contributed by atoms with Crippen molar-refractivity contribution < 1.29 is 17.9 Å². The van der Waals surface area contributed by atoms with Gasteiger partial charge in [-0.15, -0.1) is 11.3 Å². The van der Waals surface area contributed by atoms with Crippen molar-refractivity contribution in [3.63, 3.8) is 0 Å². The molecule has 2 heterocycles. The molecule has 0 atom stereocenters. The first-order chi connectivity index (χ1) is 11.3. The molecule has 136 valence electrons. The van der Waals surface area contributed by atoms with Crippen LogP contribution >= 0.6 is 11.3 Å². The van der Waals surface area contributed by atoms with Crippen molar-refractivity contribution in [2.45, 2.75) is 38.5 Å². The topological polar surface area (TPSA) is 66.9 Å². The van der Waals surface area contributed by atoms with Crippen LogP contribution in [0.1, 0.15) is 29.5 Å². The predicted molar refractivity (Wildman–Crippen MR) is 94.9 cm³/mol. The lowest BCUT2D eigenvalue weighted by molar-refractivity contribution is -0.143. The van der Waals surface area contributed by atoms with Gasteiger partial charge in [-0.25, -0.2) is 8.42 Å². The molecule has 0 radical (unpaired) electrons. The van der Waals surface area contributed by atoms with Gasteiger partial charge in [-0.1, -0.05) is 0 Å². The molecule has 2 rings (SSSR count). The van der Waals surface area contributed by atoms with Crippen LogP contribution in [0.2, 0.25) is 0 Å². The number of carbonyl (C=O) groups is 1. The van der Waals surface area contributed by atoms with Gasteiger partial charge in [0.25, 0.3) is 0 Å². The number of hydrogen-bond acceptors (Lipinski definition) is 6. The molecule has 6 nitrogen and oxygen atoms in total. The number of hydrogen-bond donors (Lipinski definition) is 0. The first kappa shape index (κ1) is 19.4. The minimum absolute atomic E-state index is 0.165. The van der Waals surface area contributed by atoms with Crippen molar-refractivity contribution >= 4 is 27.3 Å². The highest BCUT2D eigenvalue weighted by Crippen LogP contribution is 2.28. The van der Waals surface area contributed by atoms with Crippen molar-refractivity contribution in [3.8, 4) is 0 Å². The summed E-state index contributed by atoms with van der Waals surface area (Å²) < 4.78 is 32.0. The molecule has 0 spiro atoms. The SMILES string of the molecule is CCOC(=O)CCCN1CCN(S(=O)(=O)c2cc(C)sc2C)CC1. The molecule has 1 aromatic rings. The lowest BCUT2D eigenvalue weighted by Crippen LogP contribution is -2.48. The Morgan fingerprint density at radius 3 is 2.46 bits per heavy atom. The van der Waals surface area contributed by atoms with Crippen molar-refractivity contribution in [1.29, 1.82) is 0 Å². The van der Waals surface area contributed by atoms with Crippen molar-refractivity contribution in [2.24, 2.45) is 0 Å². The van der Waals surface area contributed by atoms with Gasteiger partial charge in [0.1, 0.15) is 0 Å². The zero-order valence-corrected chi connectivity index (χ0v) is 16.2. The van der Waals surface area contributed by atoms with Crippen LogP contribution in [0.4, 0.5) is 0 Å². The fourth-order valence-corrected chi connectivity index (χ4v) is 5.82. The van der Waals surface area contributed by atoms with Crippen LogP contribution in [0, 0.1) is 13.8 Å². The third-order valence-electron chi connectivity index (χ3n) is 4.11. The summed E-state index contributed by atoms with van der Waals surface area (Å²) in [6.07, 6.45) is 1.16. The number of esters is 1. The quantitative estimate of drug-likeness (QED) is 0.683. The van der Waals surface area contributed by atoms with E-state index in [9.17, 15) is 13.2 Å². The van der Waals surface area contributed by atoms with Crippen LogP contribution in [-0.2, 0) is 19.6 Å². The molecular formula is C16H26N2O4S2. The second kappa shape index (κ2) is 8.42. The molecule has 0 N–H and O–H groups in total. The lowest BCUT2D eigenvalue weighted by Gasteiger charge is -2.33. The molecule has 0 aliphatic carbocycles. The molecule has 8 heteroatoms. The Bertz CT molecular complexity index is 662. The molecule has 0 unspecified atom stereocenters. The Hall–Kier alpha value is -0.960. The highest BCUT2D eigenvalue weighted by atomic mass is 32.2. The van der Waals surface area contributed by atoms with Crippen LogP contribution in [0.25, 0.3) is 0 Å². The largest absolute Gasteiger partial charge is 0.466 e. The zero-order chi connectivity index (χ0) is 17.7. The van der Waals surface area contributed by atoms with E-state index >= 15 is 0 Å². The van der Waals surface area contributed by atoms with E-state index in [1.54, 1.807) is 17.3 Å². The van der Waals surface area contributed by atoms with Gasteiger partial charge in [-0.3, -0.25) is 4.79 Å².